The Morgan fingerprint density at radius 1 is 0.955 bits per heavy atom. The van der Waals surface area contributed by atoms with Gasteiger partial charge in [0.25, 0.3) is 0 Å². The quantitative estimate of drug-likeness (QED) is 0.396. The minimum Gasteiger partial charge on any atom is -0.550 e. The molecule has 0 aliphatic rings. The lowest BCUT2D eigenvalue weighted by Crippen LogP contribution is -2.51. The number of rotatable bonds is 14. The van der Waals surface area contributed by atoms with Gasteiger partial charge < -0.3 is 19.5 Å². The Balaban J connectivity index is 3.92. The number of carboxylic acid groups (broad SMARTS) is 1. The van der Waals surface area contributed by atoms with Crippen molar-refractivity contribution in [2.24, 2.45) is 0 Å². The first kappa shape index (κ1) is 21.4. The molecule has 1 N–H and O–H groups in total. The molecule has 0 amide bonds. The van der Waals surface area contributed by atoms with E-state index in [0.29, 0.717) is 17.4 Å². The molecule has 0 saturated carbocycles. The molecular formula is C18H37NO3. The molecule has 0 rings (SSSR count). The van der Waals surface area contributed by atoms with Crippen LogP contribution in [0.3, 0.4) is 0 Å². The van der Waals surface area contributed by atoms with Gasteiger partial charge >= 0.3 is 0 Å². The third-order valence-electron chi connectivity index (χ3n) is 3.99. The number of hydrogen-bond acceptors (Lipinski definition) is 3. The zero-order valence-electron chi connectivity index (χ0n) is 15.2. The molecule has 0 aliphatic heterocycles. The Hall–Kier alpha value is -0.610. The Morgan fingerprint density at radius 3 is 1.82 bits per heavy atom. The van der Waals surface area contributed by atoms with Gasteiger partial charge in [0.15, 0.2) is 0 Å². The molecule has 132 valence electrons. The maximum atomic E-state index is 10.9. The van der Waals surface area contributed by atoms with Crippen molar-refractivity contribution in [1.82, 2.24) is 0 Å². The number of carbonyl (C=O) groups is 1. The molecule has 0 aromatic rings. The van der Waals surface area contributed by atoms with Gasteiger partial charge in [-0.05, 0) is 6.42 Å². The van der Waals surface area contributed by atoms with Gasteiger partial charge in [-0.2, -0.15) is 0 Å². The molecule has 22 heavy (non-hydrogen) atoms. The van der Waals surface area contributed by atoms with E-state index >= 15 is 0 Å². The normalized spacial score (nSPS) is 14.8. The molecule has 4 nitrogen and oxygen atoms in total. The first-order valence-electron chi connectivity index (χ1n) is 8.91. The molecule has 0 heterocycles. The second-order valence-corrected chi connectivity index (χ2v) is 7.80. The lowest BCUT2D eigenvalue weighted by atomic mass is 9.91. The molecule has 0 aromatic carbocycles. The van der Waals surface area contributed by atoms with Crippen LogP contribution >= 0.6 is 0 Å². The van der Waals surface area contributed by atoms with E-state index in [9.17, 15) is 15.0 Å². The maximum absolute atomic E-state index is 10.9. The molecule has 0 radical (unpaired) electrons. The maximum Gasteiger partial charge on any atom is 0.119 e. The van der Waals surface area contributed by atoms with Gasteiger partial charge in [0.2, 0.25) is 0 Å². The van der Waals surface area contributed by atoms with Gasteiger partial charge in [0.1, 0.15) is 12.1 Å². The lowest BCUT2D eigenvalue weighted by Gasteiger charge is -2.36. The van der Waals surface area contributed by atoms with E-state index in [0.717, 1.165) is 12.8 Å². The van der Waals surface area contributed by atoms with Crippen LogP contribution in [0.15, 0.2) is 0 Å². The van der Waals surface area contributed by atoms with Crippen molar-refractivity contribution in [1.29, 1.82) is 0 Å². The zero-order valence-corrected chi connectivity index (χ0v) is 15.2. The molecule has 0 spiro atoms. The van der Waals surface area contributed by atoms with Gasteiger partial charge in [-0.25, -0.2) is 0 Å². The number of aliphatic hydroxyl groups is 1. The predicted molar refractivity (Wildman–Crippen MR) is 89.3 cm³/mol. The van der Waals surface area contributed by atoms with Crippen molar-refractivity contribution in [3.63, 3.8) is 0 Å². The van der Waals surface area contributed by atoms with Gasteiger partial charge in [-0.15, -0.1) is 0 Å². The zero-order chi connectivity index (χ0) is 17.1. The van der Waals surface area contributed by atoms with Crippen LogP contribution in [-0.2, 0) is 4.79 Å². The number of aliphatic carboxylic acids is 1. The van der Waals surface area contributed by atoms with E-state index in [1.807, 2.05) is 21.1 Å². The number of quaternary nitrogens is 1. The fraction of sp³-hybridized carbons (Fsp3) is 0.944. The summed E-state index contributed by atoms with van der Waals surface area (Å²) in [7, 11) is 5.91. The summed E-state index contributed by atoms with van der Waals surface area (Å²) in [5, 5.41) is 21.5. The summed E-state index contributed by atoms with van der Waals surface area (Å²) in [6.45, 7) is 2.67. The lowest BCUT2D eigenvalue weighted by molar-refractivity contribution is -0.877. The van der Waals surface area contributed by atoms with E-state index in [1.165, 1.54) is 44.9 Å². The standard InChI is InChI=1S/C18H37NO3/c1-5-6-7-8-9-10-11-12-13-14-18(22,15-17(20)21)16-19(2,3)4/h22H,5-16H2,1-4H3/t18-/m1/s1. The van der Waals surface area contributed by atoms with Crippen LogP contribution in [0.2, 0.25) is 0 Å². The Kier molecular flexibility index (Phi) is 10.7. The summed E-state index contributed by atoms with van der Waals surface area (Å²) in [6, 6.07) is 0. The highest BCUT2D eigenvalue weighted by molar-refractivity contribution is 5.65. The Morgan fingerprint density at radius 2 is 1.41 bits per heavy atom. The number of carboxylic acids is 1. The van der Waals surface area contributed by atoms with Gasteiger partial charge in [-0.3, -0.25) is 0 Å². The third kappa shape index (κ3) is 13.1. The van der Waals surface area contributed by atoms with Crippen LogP contribution in [0.4, 0.5) is 0 Å². The average molecular weight is 315 g/mol. The number of unbranched alkanes of at least 4 members (excludes halogenated alkanes) is 8. The smallest absolute Gasteiger partial charge is 0.119 e. The predicted octanol–water partition coefficient (Wildman–Crippen LogP) is 2.48. The van der Waals surface area contributed by atoms with Crippen molar-refractivity contribution in [2.45, 2.75) is 83.2 Å². The van der Waals surface area contributed by atoms with E-state index in [2.05, 4.69) is 6.92 Å². The van der Waals surface area contributed by atoms with Gasteiger partial charge in [-0.1, -0.05) is 64.7 Å². The number of likely N-dealkylation sites (N-methyl/N-ethyl adjacent to an activating group) is 1. The van der Waals surface area contributed by atoms with Crippen molar-refractivity contribution < 1.29 is 19.5 Å². The molecule has 4 heteroatoms. The highest BCUT2D eigenvalue weighted by atomic mass is 16.4. The summed E-state index contributed by atoms with van der Waals surface area (Å²) in [5.74, 6) is -1.16. The average Bonchev–Trinajstić information content (AvgIpc) is 2.33. The van der Waals surface area contributed by atoms with Crippen LogP contribution in [-0.4, -0.2) is 48.8 Å². The molecule has 0 fully saturated rings. The second kappa shape index (κ2) is 11.0. The van der Waals surface area contributed by atoms with Gasteiger partial charge in [0, 0.05) is 12.4 Å². The summed E-state index contributed by atoms with van der Waals surface area (Å²) >= 11 is 0. The van der Waals surface area contributed by atoms with Crippen molar-refractivity contribution in [3.05, 3.63) is 0 Å². The topological polar surface area (TPSA) is 60.4 Å². The SMILES string of the molecule is CCCCCCCCCCC[C@@](O)(CC(=O)[O-])C[N+](C)(C)C. The Bertz CT molecular complexity index is 299. The summed E-state index contributed by atoms with van der Waals surface area (Å²) in [6.07, 6.45) is 11.2. The Labute approximate surface area is 137 Å². The van der Waals surface area contributed by atoms with E-state index in [4.69, 9.17) is 0 Å². The van der Waals surface area contributed by atoms with Crippen LogP contribution in [0, 0.1) is 0 Å². The van der Waals surface area contributed by atoms with Crippen molar-refractivity contribution in [2.75, 3.05) is 27.7 Å². The first-order chi connectivity index (χ1) is 10.2. The van der Waals surface area contributed by atoms with Crippen LogP contribution in [0.1, 0.15) is 77.6 Å². The molecule has 0 saturated heterocycles. The highest BCUT2D eigenvalue weighted by Crippen LogP contribution is 2.22. The van der Waals surface area contributed by atoms with Gasteiger partial charge in [0.05, 0.1) is 21.1 Å². The second-order valence-electron chi connectivity index (χ2n) is 7.80. The molecule has 0 unspecified atom stereocenters. The highest BCUT2D eigenvalue weighted by Gasteiger charge is 2.33. The largest absolute Gasteiger partial charge is 0.550 e. The minimum atomic E-state index is -1.16. The monoisotopic (exact) mass is 315 g/mol. The van der Waals surface area contributed by atoms with E-state index < -0.39 is 11.6 Å². The summed E-state index contributed by atoms with van der Waals surface area (Å²) in [4.78, 5) is 10.9. The molecular weight excluding hydrogens is 278 g/mol. The molecule has 0 aromatic heterocycles. The van der Waals surface area contributed by atoms with Crippen LogP contribution in [0.5, 0.6) is 0 Å². The van der Waals surface area contributed by atoms with Crippen LogP contribution in [0.25, 0.3) is 0 Å². The van der Waals surface area contributed by atoms with E-state index in [1.54, 1.807) is 0 Å². The third-order valence-corrected chi connectivity index (χ3v) is 3.99. The minimum absolute atomic E-state index is 0.264. The fourth-order valence-electron chi connectivity index (χ4n) is 3.14. The molecule has 0 bridgehead atoms. The molecule has 1 atom stereocenters. The molecule has 0 aliphatic carbocycles. The van der Waals surface area contributed by atoms with Crippen LogP contribution < -0.4 is 5.11 Å². The number of nitrogens with zero attached hydrogens (tertiary/aromatic N) is 1. The number of hydrogen-bond donors (Lipinski definition) is 1. The summed E-state index contributed by atoms with van der Waals surface area (Å²) < 4.78 is 0.557. The van der Waals surface area contributed by atoms with Crippen molar-refractivity contribution in [3.8, 4) is 0 Å². The summed E-state index contributed by atoms with van der Waals surface area (Å²) in [5.41, 5.74) is -1.14. The van der Waals surface area contributed by atoms with Crippen molar-refractivity contribution >= 4 is 5.97 Å². The number of carbonyl (C=O) groups excluding carboxylic acids is 1. The first-order valence-corrected chi connectivity index (χ1v) is 8.91. The fourth-order valence-corrected chi connectivity index (χ4v) is 3.14. The van der Waals surface area contributed by atoms with E-state index in [-0.39, 0.29) is 6.42 Å².